The molecule has 0 saturated carbocycles. The molecule has 1 saturated heterocycles. The molecule has 0 aliphatic carbocycles. The third kappa shape index (κ3) is 5.81. The van der Waals surface area contributed by atoms with E-state index in [0.717, 1.165) is 31.7 Å². The average Bonchev–Trinajstić information content (AvgIpc) is 2.78. The predicted octanol–water partition coefficient (Wildman–Crippen LogP) is 2.47. The van der Waals surface area contributed by atoms with Crippen LogP contribution in [0.5, 0.6) is 5.75 Å². The molecule has 0 atom stereocenters. The number of hydrogen-bond acceptors (Lipinski definition) is 4. The van der Waals surface area contributed by atoms with Crippen LogP contribution in [-0.4, -0.2) is 61.4 Å². The maximum atomic E-state index is 13.2. The van der Waals surface area contributed by atoms with Gasteiger partial charge in [0.25, 0.3) is 5.91 Å². The summed E-state index contributed by atoms with van der Waals surface area (Å²) in [6.07, 6.45) is 0.327. The third-order valence-electron chi connectivity index (χ3n) is 5.18. The minimum absolute atomic E-state index is 0.0821. The number of benzene rings is 2. The number of ether oxygens (including phenoxy) is 1. The minimum Gasteiger partial charge on any atom is -0.497 e. The summed E-state index contributed by atoms with van der Waals surface area (Å²) in [6.45, 7) is 6.00. The van der Waals surface area contributed by atoms with Crippen LogP contribution in [0.25, 0.3) is 0 Å². The fourth-order valence-electron chi connectivity index (χ4n) is 3.39. The number of carbonyl (C=O) groups is 2. The first-order chi connectivity index (χ1) is 14.1. The summed E-state index contributed by atoms with van der Waals surface area (Å²) >= 11 is 0. The molecule has 2 amide bonds. The van der Waals surface area contributed by atoms with E-state index in [1.165, 1.54) is 5.56 Å². The van der Waals surface area contributed by atoms with Crippen molar-refractivity contribution in [1.82, 2.24) is 15.1 Å². The summed E-state index contributed by atoms with van der Waals surface area (Å²) in [4.78, 5) is 29.4. The maximum absolute atomic E-state index is 13.2. The van der Waals surface area contributed by atoms with Crippen molar-refractivity contribution in [3.8, 4) is 5.75 Å². The van der Waals surface area contributed by atoms with Gasteiger partial charge >= 0.3 is 0 Å². The van der Waals surface area contributed by atoms with Crippen LogP contribution in [0, 0.1) is 6.92 Å². The second-order valence-electron chi connectivity index (χ2n) is 7.32. The van der Waals surface area contributed by atoms with E-state index in [0.29, 0.717) is 30.8 Å². The van der Waals surface area contributed by atoms with E-state index in [-0.39, 0.29) is 11.8 Å². The van der Waals surface area contributed by atoms with Gasteiger partial charge in [-0.3, -0.25) is 9.59 Å². The molecule has 6 heteroatoms. The van der Waals surface area contributed by atoms with Crippen LogP contribution in [-0.2, 0) is 11.3 Å². The number of nitrogens with zero attached hydrogens (tertiary/aromatic N) is 2. The number of hydrogen-bond donors (Lipinski definition) is 1. The average molecular weight is 396 g/mol. The Balaban J connectivity index is 1.71. The van der Waals surface area contributed by atoms with Crippen molar-refractivity contribution in [3.63, 3.8) is 0 Å². The van der Waals surface area contributed by atoms with Gasteiger partial charge < -0.3 is 19.9 Å². The Morgan fingerprint density at radius 1 is 1.03 bits per heavy atom. The van der Waals surface area contributed by atoms with Crippen LogP contribution >= 0.6 is 0 Å². The first kappa shape index (κ1) is 20.9. The molecular formula is C23H29N3O3. The van der Waals surface area contributed by atoms with Gasteiger partial charge in [0.2, 0.25) is 5.91 Å². The topological polar surface area (TPSA) is 61.9 Å². The molecule has 3 rings (SSSR count). The van der Waals surface area contributed by atoms with Gasteiger partial charge in [-0.2, -0.15) is 0 Å². The number of methoxy groups -OCH3 is 1. The van der Waals surface area contributed by atoms with Gasteiger partial charge in [0.15, 0.2) is 0 Å². The van der Waals surface area contributed by atoms with Crippen molar-refractivity contribution in [2.45, 2.75) is 19.9 Å². The van der Waals surface area contributed by atoms with Crippen molar-refractivity contribution in [1.29, 1.82) is 0 Å². The monoisotopic (exact) mass is 395 g/mol. The Morgan fingerprint density at radius 2 is 1.69 bits per heavy atom. The van der Waals surface area contributed by atoms with Crippen LogP contribution in [0.1, 0.15) is 27.9 Å². The summed E-state index contributed by atoms with van der Waals surface area (Å²) in [7, 11) is 1.60. The third-order valence-corrected chi connectivity index (χ3v) is 5.18. The second-order valence-corrected chi connectivity index (χ2v) is 7.32. The zero-order valence-electron chi connectivity index (χ0n) is 17.2. The van der Waals surface area contributed by atoms with Crippen molar-refractivity contribution >= 4 is 11.8 Å². The van der Waals surface area contributed by atoms with Gasteiger partial charge in [-0.15, -0.1) is 0 Å². The van der Waals surface area contributed by atoms with E-state index in [9.17, 15) is 9.59 Å². The van der Waals surface area contributed by atoms with Gasteiger partial charge in [-0.25, -0.2) is 0 Å². The Labute approximate surface area is 172 Å². The highest BCUT2D eigenvalue weighted by atomic mass is 16.5. The Bertz CT molecular complexity index is 812. The maximum Gasteiger partial charge on any atom is 0.254 e. The molecule has 1 heterocycles. The fourth-order valence-corrected chi connectivity index (χ4v) is 3.39. The van der Waals surface area contributed by atoms with E-state index in [1.807, 2.05) is 36.1 Å². The smallest absolute Gasteiger partial charge is 0.254 e. The molecule has 2 aromatic rings. The summed E-state index contributed by atoms with van der Waals surface area (Å²) in [5.74, 6) is 0.727. The van der Waals surface area contributed by atoms with Crippen molar-refractivity contribution in [2.75, 3.05) is 39.8 Å². The molecule has 1 aliphatic heterocycles. The molecule has 1 N–H and O–H groups in total. The number of rotatable bonds is 7. The molecule has 2 aromatic carbocycles. The standard InChI is InChI=1S/C23H29N3O3/c1-18-3-5-19(6-4-18)17-26(14-11-22(27)25-15-12-24-13-16-25)23(28)20-7-9-21(29-2)10-8-20/h3-10,24H,11-17H2,1-2H3. The lowest BCUT2D eigenvalue weighted by atomic mass is 10.1. The van der Waals surface area contributed by atoms with Gasteiger partial charge in [0.05, 0.1) is 7.11 Å². The first-order valence-electron chi connectivity index (χ1n) is 10.0. The minimum atomic E-state index is -0.0821. The SMILES string of the molecule is COc1ccc(C(=O)N(CCC(=O)N2CCNCC2)Cc2ccc(C)cc2)cc1. The summed E-state index contributed by atoms with van der Waals surface area (Å²) in [6, 6.07) is 15.2. The summed E-state index contributed by atoms with van der Waals surface area (Å²) < 4.78 is 5.18. The van der Waals surface area contributed by atoms with Gasteiger partial charge in [0, 0.05) is 51.3 Å². The molecule has 0 unspecified atom stereocenters. The van der Waals surface area contributed by atoms with Crippen LogP contribution in [0.4, 0.5) is 0 Å². The lowest BCUT2D eigenvalue weighted by Gasteiger charge is -2.29. The quantitative estimate of drug-likeness (QED) is 0.782. The van der Waals surface area contributed by atoms with E-state index in [1.54, 1.807) is 36.3 Å². The highest BCUT2D eigenvalue weighted by Crippen LogP contribution is 2.16. The van der Waals surface area contributed by atoms with Crippen LogP contribution in [0.2, 0.25) is 0 Å². The number of carbonyl (C=O) groups excluding carboxylic acids is 2. The summed E-state index contributed by atoms with van der Waals surface area (Å²) in [5, 5.41) is 3.25. The zero-order chi connectivity index (χ0) is 20.6. The zero-order valence-corrected chi connectivity index (χ0v) is 17.2. The molecule has 154 valence electrons. The van der Waals surface area contributed by atoms with Gasteiger partial charge in [0.1, 0.15) is 5.75 Å². The molecule has 29 heavy (non-hydrogen) atoms. The van der Waals surface area contributed by atoms with Gasteiger partial charge in [-0.05, 0) is 36.8 Å². The van der Waals surface area contributed by atoms with Crippen molar-refractivity contribution < 1.29 is 14.3 Å². The Morgan fingerprint density at radius 3 is 2.31 bits per heavy atom. The van der Waals surface area contributed by atoms with E-state index >= 15 is 0 Å². The normalized spacial score (nSPS) is 13.8. The van der Waals surface area contributed by atoms with Crippen LogP contribution < -0.4 is 10.1 Å². The van der Waals surface area contributed by atoms with E-state index in [4.69, 9.17) is 4.74 Å². The second kappa shape index (κ2) is 10.1. The lowest BCUT2D eigenvalue weighted by molar-refractivity contribution is -0.132. The molecule has 0 radical (unpaired) electrons. The first-order valence-corrected chi connectivity index (χ1v) is 10.0. The summed E-state index contributed by atoms with van der Waals surface area (Å²) in [5.41, 5.74) is 2.82. The molecule has 0 spiro atoms. The highest BCUT2D eigenvalue weighted by Gasteiger charge is 2.21. The largest absolute Gasteiger partial charge is 0.497 e. The molecule has 0 aromatic heterocycles. The van der Waals surface area contributed by atoms with Crippen molar-refractivity contribution in [2.24, 2.45) is 0 Å². The molecule has 6 nitrogen and oxygen atoms in total. The van der Waals surface area contributed by atoms with Crippen LogP contribution in [0.15, 0.2) is 48.5 Å². The number of aryl methyl sites for hydroxylation is 1. The van der Waals surface area contributed by atoms with E-state index < -0.39 is 0 Å². The Hall–Kier alpha value is -2.86. The van der Waals surface area contributed by atoms with Crippen molar-refractivity contribution in [3.05, 3.63) is 65.2 Å². The van der Waals surface area contributed by atoms with Gasteiger partial charge in [-0.1, -0.05) is 29.8 Å². The lowest BCUT2D eigenvalue weighted by Crippen LogP contribution is -2.47. The number of nitrogens with one attached hydrogen (secondary N) is 1. The molecule has 1 aliphatic rings. The van der Waals surface area contributed by atoms with E-state index in [2.05, 4.69) is 5.32 Å². The number of piperazine rings is 1. The Kier molecular flexibility index (Phi) is 7.25. The number of amides is 2. The predicted molar refractivity (Wildman–Crippen MR) is 113 cm³/mol. The van der Waals surface area contributed by atoms with Crippen LogP contribution in [0.3, 0.4) is 0 Å². The molecule has 0 bridgehead atoms. The fraction of sp³-hybridized carbons (Fsp3) is 0.391. The highest BCUT2D eigenvalue weighted by molar-refractivity contribution is 5.94. The molecule has 1 fully saturated rings. The molecular weight excluding hydrogens is 366 g/mol.